The highest BCUT2D eigenvalue weighted by atomic mass is 16.2. The molecule has 100 valence electrons. The molecule has 18 heavy (non-hydrogen) atoms. The van der Waals surface area contributed by atoms with E-state index >= 15 is 0 Å². The fourth-order valence-electron chi connectivity index (χ4n) is 0.856. The first kappa shape index (κ1) is 18.6. The average Bonchev–Trinajstić information content (AvgIpc) is 2.45. The van der Waals surface area contributed by atoms with Crippen LogP contribution < -0.4 is 0 Å². The van der Waals surface area contributed by atoms with Crippen molar-refractivity contribution in [3.8, 4) is 0 Å². The Kier molecular flexibility index (Phi) is 18.3. The van der Waals surface area contributed by atoms with Crippen LogP contribution in [-0.4, -0.2) is 22.2 Å². The standard InChI is InChI=1S/C6H6.C5H5N.C4H10O.H2O/c2*1-2-4-6-5-3-1;1-2-3-4-5;/h1-6H;1-5H;5H,2-4H2,1H3;1H2. The molecule has 0 saturated heterocycles. The first-order valence-corrected chi connectivity index (χ1v) is 5.87. The summed E-state index contributed by atoms with van der Waals surface area (Å²) in [4.78, 5) is 3.78. The minimum Gasteiger partial charge on any atom is -0.412 e. The summed E-state index contributed by atoms with van der Waals surface area (Å²) in [6, 6.07) is 17.7. The summed E-state index contributed by atoms with van der Waals surface area (Å²) in [5, 5.41) is 8.07. The van der Waals surface area contributed by atoms with Crippen molar-refractivity contribution in [1.29, 1.82) is 0 Å². The Morgan fingerprint density at radius 1 is 0.778 bits per heavy atom. The third kappa shape index (κ3) is 16.7. The minimum atomic E-state index is 0. The van der Waals surface area contributed by atoms with Crippen LogP contribution in [-0.2, 0) is 0 Å². The number of nitrogens with zero attached hydrogens (tertiary/aromatic N) is 1. The molecule has 2 rings (SSSR count). The molecule has 0 spiro atoms. The molecule has 0 unspecified atom stereocenters. The van der Waals surface area contributed by atoms with E-state index in [1.54, 1.807) is 12.4 Å². The number of aromatic nitrogens is 1. The highest BCUT2D eigenvalue weighted by molar-refractivity contribution is 4.99. The predicted octanol–water partition coefficient (Wildman–Crippen LogP) is 2.72. The molecule has 0 aliphatic carbocycles. The van der Waals surface area contributed by atoms with Crippen LogP contribution in [0.4, 0.5) is 0 Å². The normalized spacial score (nSPS) is 7.67. The van der Waals surface area contributed by atoms with E-state index in [9.17, 15) is 0 Å². The fraction of sp³-hybridized carbons (Fsp3) is 0.267. The molecule has 0 fully saturated rings. The lowest BCUT2D eigenvalue weighted by Gasteiger charge is -1.79. The van der Waals surface area contributed by atoms with Gasteiger partial charge in [0.25, 0.3) is 0 Å². The Bertz CT molecular complexity index is 227. The lowest BCUT2D eigenvalue weighted by Crippen LogP contribution is -1.75. The SMILES string of the molecule is CCCCO.O.c1ccccc1.c1ccncc1. The van der Waals surface area contributed by atoms with Gasteiger partial charge >= 0.3 is 0 Å². The van der Waals surface area contributed by atoms with Crippen LogP contribution in [0.2, 0.25) is 0 Å². The van der Waals surface area contributed by atoms with Gasteiger partial charge in [-0.25, -0.2) is 0 Å². The van der Waals surface area contributed by atoms with Gasteiger partial charge in [-0.1, -0.05) is 55.8 Å². The number of hydrogen-bond acceptors (Lipinski definition) is 2. The molecule has 1 heterocycles. The van der Waals surface area contributed by atoms with Crippen LogP contribution in [0, 0.1) is 0 Å². The van der Waals surface area contributed by atoms with Crippen LogP contribution in [0.3, 0.4) is 0 Å². The van der Waals surface area contributed by atoms with Crippen LogP contribution in [0.15, 0.2) is 67.0 Å². The van der Waals surface area contributed by atoms with Crippen molar-refractivity contribution in [2.24, 2.45) is 0 Å². The molecule has 0 saturated carbocycles. The second kappa shape index (κ2) is 17.7. The molecule has 3 heteroatoms. The maximum Gasteiger partial charge on any atom is 0.0430 e. The molecule has 1 aromatic carbocycles. The smallest absolute Gasteiger partial charge is 0.0430 e. The van der Waals surface area contributed by atoms with E-state index in [2.05, 4.69) is 11.9 Å². The van der Waals surface area contributed by atoms with Crippen LogP contribution in [0.1, 0.15) is 19.8 Å². The van der Waals surface area contributed by atoms with Crippen molar-refractivity contribution in [3.05, 3.63) is 67.0 Å². The van der Waals surface area contributed by atoms with Crippen molar-refractivity contribution in [3.63, 3.8) is 0 Å². The Hall–Kier alpha value is -1.71. The first-order valence-electron chi connectivity index (χ1n) is 5.87. The van der Waals surface area contributed by atoms with Crippen LogP contribution >= 0.6 is 0 Å². The third-order valence-corrected chi connectivity index (χ3v) is 1.74. The Morgan fingerprint density at radius 2 is 1.17 bits per heavy atom. The molecule has 0 radical (unpaired) electrons. The summed E-state index contributed by atoms with van der Waals surface area (Å²) in [5.41, 5.74) is 0. The van der Waals surface area contributed by atoms with Gasteiger partial charge in [-0.2, -0.15) is 0 Å². The summed E-state index contributed by atoms with van der Waals surface area (Å²) >= 11 is 0. The van der Waals surface area contributed by atoms with E-state index in [0.717, 1.165) is 12.8 Å². The molecule has 2 aromatic rings. The summed E-state index contributed by atoms with van der Waals surface area (Å²) in [7, 11) is 0. The van der Waals surface area contributed by atoms with E-state index in [-0.39, 0.29) is 5.48 Å². The zero-order chi connectivity index (χ0) is 12.6. The van der Waals surface area contributed by atoms with Crippen molar-refractivity contribution in [2.45, 2.75) is 19.8 Å². The predicted molar refractivity (Wildman–Crippen MR) is 76.3 cm³/mol. The quantitative estimate of drug-likeness (QED) is 0.889. The maximum atomic E-state index is 8.07. The molecule has 0 atom stereocenters. The zero-order valence-corrected chi connectivity index (χ0v) is 10.9. The van der Waals surface area contributed by atoms with Crippen molar-refractivity contribution in [1.82, 2.24) is 4.98 Å². The van der Waals surface area contributed by atoms with Gasteiger partial charge < -0.3 is 10.6 Å². The summed E-state index contributed by atoms with van der Waals surface area (Å²) in [5.74, 6) is 0. The lowest BCUT2D eigenvalue weighted by molar-refractivity contribution is 0.287. The maximum absolute atomic E-state index is 8.07. The summed E-state index contributed by atoms with van der Waals surface area (Å²) in [6.07, 6.45) is 5.54. The monoisotopic (exact) mass is 249 g/mol. The van der Waals surface area contributed by atoms with Crippen LogP contribution in [0.25, 0.3) is 0 Å². The van der Waals surface area contributed by atoms with Gasteiger partial charge in [0, 0.05) is 19.0 Å². The summed E-state index contributed by atoms with van der Waals surface area (Å²) < 4.78 is 0. The Labute approximate surface area is 109 Å². The average molecular weight is 249 g/mol. The number of rotatable bonds is 2. The van der Waals surface area contributed by atoms with Gasteiger partial charge in [0.15, 0.2) is 0 Å². The zero-order valence-electron chi connectivity index (χ0n) is 10.9. The molecule has 0 amide bonds. The molecule has 0 aliphatic rings. The van der Waals surface area contributed by atoms with Gasteiger partial charge in [-0.05, 0) is 18.6 Å². The van der Waals surface area contributed by atoms with Gasteiger partial charge in [0.05, 0.1) is 0 Å². The number of aliphatic hydroxyl groups excluding tert-OH is 1. The second-order valence-electron chi connectivity index (χ2n) is 3.26. The number of benzene rings is 1. The van der Waals surface area contributed by atoms with Gasteiger partial charge in [0.1, 0.15) is 0 Å². The van der Waals surface area contributed by atoms with Crippen molar-refractivity contribution < 1.29 is 10.6 Å². The topological polar surface area (TPSA) is 64.6 Å². The largest absolute Gasteiger partial charge is 0.412 e. The van der Waals surface area contributed by atoms with E-state index in [0.29, 0.717) is 6.61 Å². The number of pyridine rings is 1. The van der Waals surface area contributed by atoms with Crippen LogP contribution in [0.5, 0.6) is 0 Å². The minimum absolute atomic E-state index is 0. The van der Waals surface area contributed by atoms with Crippen molar-refractivity contribution in [2.75, 3.05) is 6.61 Å². The molecular weight excluding hydrogens is 226 g/mol. The van der Waals surface area contributed by atoms with Crippen molar-refractivity contribution >= 4 is 0 Å². The van der Waals surface area contributed by atoms with E-state index in [1.165, 1.54) is 0 Å². The first-order chi connectivity index (χ1) is 8.41. The van der Waals surface area contributed by atoms with Gasteiger partial charge in [-0.3, -0.25) is 4.98 Å². The lowest BCUT2D eigenvalue weighted by atomic mass is 10.4. The number of unbranched alkanes of at least 4 members (excludes halogenated alkanes) is 1. The Morgan fingerprint density at radius 3 is 1.28 bits per heavy atom. The second-order valence-corrected chi connectivity index (χ2v) is 3.26. The van der Waals surface area contributed by atoms with Gasteiger partial charge in [-0.15, -0.1) is 0 Å². The van der Waals surface area contributed by atoms with E-state index < -0.39 is 0 Å². The Balaban J connectivity index is 0. The molecule has 3 N–H and O–H groups in total. The molecule has 1 aromatic heterocycles. The molecule has 0 aliphatic heterocycles. The highest BCUT2D eigenvalue weighted by Crippen LogP contribution is 1.80. The third-order valence-electron chi connectivity index (χ3n) is 1.74. The molecule has 3 nitrogen and oxygen atoms in total. The number of hydrogen-bond donors (Lipinski definition) is 1. The van der Waals surface area contributed by atoms with E-state index in [1.807, 2.05) is 54.6 Å². The molecular formula is C15H23NO2. The highest BCUT2D eigenvalue weighted by Gasteiger charge is 1.69. The fourth-order valence-corrected chi connectivity index (χ4v) is 0.856. The van der Waals surface area contributed by atoms with E-state index in [4.69, 9.17) is 5.11 Å². The summed E-state index contributed by atoms with van der Waals surface area (Å²) in [6.45, 7) is 2.40. The molecule has 0 bridgehead atoms. The van der Waals surface area contributed by atoms with Gasteiger partial charge in [0.2, 0.25) is 0 Å². The number of aliphatic hydroxyl groups is 1.